The van der Waals surface area contributed by atoms with Crippen LogP contribution in [-0.2, 0) is 0 Å². The van der Waals surface area contributed by atoms with Gasteiger partial charge in [0.25, 0.3) is 0 Å². The van der Waals surface area contributed by atoms with Gasteiger partial charge in [0.1, 0.15) is 0 Å². The van der Waals surface area contributed by atoms with Gasteiger partial charge in [0.15, 0.2) is 0 Å². The highest BCUT2D eigenvalue weighted by atomic mass is 32.2. The molecular weight excluding hydrogens is 146 g/mol. The van der Waals surface area contributed by atoms with E-state index in [1.807, 2.05) is 0 Å². The molecule has 0 heterocycles. The predicted octanol–water partition coefficient (Wildman–Crippen LogP) is 1.41. The van der Waals surface area contributed by atoms with Crippen LogP contribution in [0.4, 0.5) is 0 Å². The number of nitriles is 1. The van der Waals surface area contributed by atoms with Gasteiger partial charge < -0.3 is 5.11 Å². The van der Waals surface area contributed by atoms with Crippen LogP contribution in [0.15, 0.2) is 0 Å². The molecule has 0 aliphatic carbocycles. The molecule has 0 radical (unpaired) electrons. The minimum Gasteiger partial charge on any atom is -0.396 e. The highest BCUT2D eigenvalue weighted by Crippen LogP contribution is 2.04. The molecule has 1 N–H and O–H groups in total. The Hall–Kier alpha value is -0.200. The van der Waals surface area contributed by atoms with Gasteiger partial charge in [-0.25, -0.2) is 0 Å². The van der Waals surface area contributed by atoms with Crippen LogP contribution in [0.2, 0.25) is 0 Å². The maximum absolute atomic E-state index is 8.40. The van der Waals surface area contributed by atoms with E-state index >= 15 is 0 Å². The van der Waals surface area contributed by atoms with Gasteiger partial charge in [-0.3, -0.25) is 0 Å². The van der Waals surface area contributed by atoms with E-state index in [9.17, 15) is 0 Å². The Morgan fingerprint density at radius 2 is 2.00 bits per heavy atom. The summed E-state index contributed by atoms with van der Waals surface area (Å²) in [6.45, 7) is 0.283. The summed E-state index contributed by atoms with van der Waals surface area (Å²) < 4.78 is 0. The number of rotatable bonds is 6. The Labute approximate surface area is 66.2 Å². The molecule has 0 aliphatic rings. The molecule has 0 spiro atoms. The van der Waals surface area contributed by atoms with Gasteiger partial charge in [-0.1, -0.05) is 0 Å². The minimum absolute atomic E-state index is 0.283. The fourth-order valence-corrected chi connectivity index (χ4v) is 1.41. The van der Waals surface area contributed by atoms with Gasteiger partial charge in [-0.15, -0.1) is 0 Å². The molecule has 0 aliphatic heterocycles. The molecule has 2 nitrogen and oxygen atoms in total. The normalized spacial score (nSPS) is 9.20. The Morgan fingerprint density at radius 1 is 1.30 bits per heavy atom. The zero-order chi connectivity index (χ0) is 7.66. The summed E-state index contributed by atoms with van der Waals surface area (Å²) in [6.07, 6.45) is 2.51. The van der Waals surface area contributed by atoms with Crippen molar-refractivity contribution in [1.82, 2.24) is 0 Å². The third kappa shape index (κ3) is 7.80. The molecule has 0 saturated carbocycles. The molecule has 0 aromatic heterocycles. The molecule has 10 heavy (non-hydrogen) atoms. The maximum atomic E-state index is 8.40. The van der Waals surface area contributed by atoms with Crippen molar-refractivity contribution in [3.05, 3.63) is 0 Å². The van der Waals surface area contributed by atoms with Crippen LogP contribution >= 0.6 is 11.8 Å². The van der Waals surface area contributed by atoms with Gasteiger partial charge in [0, 0.05) is 13.0 Å². The molecule has 0 unspecified atom stereocenters. The van der Waals surface area contributed by atoms with E-state index in [0.29, 0.717) is 6.42 Å². The molecule has 3 heteroatoms. The topological polar surface area (TPSA) is 44.0 Å². The summed E-state index contributed by atoms with van der Waals surface area (Å²) in [7, 11) is 0. The van der Waals surface area contributed by atoms with E-state index in [-0.39, 0.29) is 6.61 Å². The number of hydrogen-bond acceptors (Lipinski definition) is 3. The molecule has 0 aromatic carbocycles. The summed E-state index contributed by atoms with van der Waals surface area (Å²) in [5, 5.41) is 16.6. The molecule has 0 aromatic rings. The van der Waals surface area contributed by atoms with E-state index in [1.165, 1.54) is 0 Å². The smallest absolute Gasteiger partial charge is 0.0622 e. The first kappa shape index (κ1) is 9.80. The van der Waals surface area contributed by atoms with E-state index in [0.717, 1.165) is 24.3 Å². The van der Waals surface area contributed by atoms with Crippen molar-refractivity contribution in [2.45, 2.75) is 19.3 Å². The number of unbranched alkanes of at least 4 members (excludes halogenated alkanes) is 1. The number of aliphatic hydroxyl groups is 1. The Morgan fingerprint density at radius 3 is 2.60 bits per heavy atom. The van der Waals surface area contributed by atoms with Crippen molar-refractivity contribution in [2.75, 3.05) is 18.1 Å². The number of thioether (sulfide) groups is 1. The molecule has 0 fully saturated rings. The summed E-state index contributed by atoms with van der Waals surface area (Å²) >= 11 is 1.81. The van der Waals surface area contributed by atoms with Crippen molar-refractivity contribution in [2.24, 2.45) is 0 Å². The third-order valence-electron chi connectivity index (χ3n) is 1.02. The molecule has 0 amide bonds. The zero-order valence-electron chi connectivity index (χ0n) is 6.05. The second-order valence-electron chi connectivity index (χ2n) is 1.95. The summed E-state index contributed by atoms with van der Waals surface area (Å²) in [5.41, 5.74) is 0. The lowest BCUT2D eigenvalue weighted by Gasteiger charge is -1.95. The number of hydrogen-bond donors (Lipinski definition) is 1. The second kappa shape index (κ2) is 8.80. The number of aliphatic hydroxyl groups excluding tert-OH is 1. The average molecular weight is 159 g/mol. The second-order valence-corrected chi connectivity index (χ2v) is 3.18. The Balaban J connectivity index is 2.72. The van der Waals surface area contributed by atoms with Gasteiger partial charge in [-0.05, 0) is 24.3 Å². The standard InChI is InChI=1S/C7H13NOS/c8-4-1-2-6-10-7-3-5-9/h9H,1-3,5-7H2. The van der Waals surface area contributed by atoms with Gasteiger partial charge in [-0.2, -0.15) is 17.0 Å². The summed E-state index contributed by atoms with van der Waals surface area (Å²) in [5.74, 6) is 2.06. The maximum Gasteiger partial charge on any atom is 0.0622 e. The summed E-state index contributed by atoms with van der Waals surface area (Å²) in [6, 6.07) is 2.10. The minimum atomic E-state index is 0.283. The van der Waals surface area contributed by atoms with Crippen molar-refractivity contribution in [3.63, 3.8) is 0 Å². The third-order valence-corrected chi connectivity index (χ3v) is 2.18. The average Bonchev–Trinajstić information content (AvgIpc) is 1.97. The zero-order valence-corrected chi connectivity index (χ0v) is 6.86. The number of nitrogens with zero attached hydrogens (tertiary/aromatic N) is 1. The summed E-state index contributed by atoms with van der Waals surface area (Å²) in [4.78, 5) is 0. The molecule has 58 valence electrons. The highest BCUT2D eigenvalue weighted by molar-refractivity contribution is 7.99. The lowest BCUT2D eigenvalue weighted by Crippen LogP contribution is -1.87. The Bertz CT molecular complexity index is 100. The van der Waals surface area contributed by atoms with E-state index < -0.39 is 0 Å². The predicted molar refractivity (Wildman–Crippen MR) is 43.9 cm³/mol. The van der Waals surface area contributed by atoms with Crippen molar-refractivity contribution in [1.29, 1.82) is 5.26 Å². The van der Waals surface area contributed by atoms with Crippen LogP contribution in [0, 0.1) is 11.3 Å². The molecule has 0 atom stereocenters. The fraction of sp³-hybridized carbons (Fsp3) is 0.857. The molecule has 0 rings (SSSR count). The molecular formula is C7H13NOS. The van der Waals surface area contributed by atoms with Crippen molar-refractivity contribution in [3.8, 4) is 6.07 Å². The van der Waals surface area contributed by atoms with Crippen LogP contribution in [0.3, 0.4) is 0 Å². The monoisotopic (exact) mass is 159 g/mol. The van der Waals surface area contributed by atoms with Crippen LogP contribution in [0.1, 0.15) is 19.3 Å². The Kier molecular flexibility index (Phi) is 8.62. The fourth-order valence-electron chi connectivity index (χ4n) is 0.522. The first-order chi connectivity index (χ1) is 4.91. The van der Waals surface area contributed by atoms with Crippen LogP contribution in [0.25, 0.3) is 0 Å². The van der Waals surface area contributed by atoms with Gasteiger partial charge in [0.05, 0.1) is 6.07 Å². The van der Waals surface area contributed by atoms with E-state index in [4.69, 9.17) is 10.4 Å². The van der Waals surface area contributed by atoms with Gasteiger partial charge >= 0.3 is 0 Å². The molecule has 0 saturated heterocycles. The van der Waals surface area contributed by atoms with E-state index in [1.54, 1.807) is 11.8 Å². The molecule has 0 bridgehead atoms. The quantitative estimate of drug-likeness (QED) is 0.596. The van der Waals surface area contributed by atoms with Crippen molar-refractivity contribution < 1.29 is 5.11 Å². The lowest BCUT2D eigenvalue weighted by molar-refractivity contribution is 0.296. The SMILES string of the molecule is N#CCCCSCCCO. The van der Waals surface area contributed by atoms with E-state index in [2.05, 4.69) is 6.07 Å². The van der Waals surface area contributed by atoms with Gasteiger partial charge in [0.2, 0.25) is 0 Å². The largest absolute Gasteiger partial charge is 0.396 e. The van der Waals surface area contributed by atoms with Crippen LogP contribution in [-0.4, -0.2) is 23.2 Å². The van der Waals surface area contributed by atoms with Crippen LogP contribution < -0.4 is 0 Å². The van der Waals surface area contributed by atoms with Crippen molar-refractivity contribution >= 4 is 11.8 Å². The highest BCUT2D eigenvalue weighted by Gasteiger charge is 1.87. The van der Waals surface area contributed by atoms with Crippen LogP contribution in [0.5, 0.6) is 0 Å². The lowest BCUT2D eigenvalue weighted by atomic mass is 10.4. The first-order valence-electron chi connectivity index (χ1n) is 3.47. The first-order valence-corrected chi connectivity index (χ1v) is 4.63.